The first-order chi connectivity index (χ1) is 10.7. The smallest absolute Gasteiger partial charge is 0.277 e. The van der Waals surface area contributed by atoms with Gasteiger partial charge in [-0.2, -0.15) is 0 Å². The Bertz CT molecular complexity index is 762. The van der Waals surface area contributed by atoms with Crippen LogP contribution < -0.4 is 4.74 Å². The molecule has 0 spiro atoms. The van der Waals surface area contributed by atoms with E-state index < -0.39 is 0 Å². The van der Waals surface area contributed by atoms with E-state index in [2.05, 4.69) is 15.4 Å². The van der Waals surface area contributed by atoms with Crippen molar-refractivity contribution in [2.45, 2.75) is 24.8 Å². The number of aryl methyl sites for hydroxylation is 2. The maximum absolute atomic E-state index is 5.70. The van der Waals surface area contributed by atoms with Crippen LogP contribution >= 0.6 is 11.8 Å². The lowest BCUT2D eigenvalue weighted by molar-refractivity contribution is 0.392. The third-order valence-electron chi connectivity index (χ3n) is 3.27. The van der Waals surface area contributed by atoms with Gasteiger partial charge in [-0.3, -0.25) is 0 Å². The highest BCUT2D eigenvalue weighted by atomic mass is 32.2. The summed E-state index contributed by atoms with van der Waals surface area (Å²) in [6.45, 7) is 3.81. The minimum Gasteiger partial charge on any atom is -0.496 e. The molecule has 0 N–H and O–H groups in total. The summed E-state index contributed by atoms with van der Waals surface area (Å²) in [5.74, 6) is 2.64. The van der Waals surface area contributed by atoms with Crippen LogP contribution in [0.2, 0.25) is 0 Å². The molecule has 0 saturated carbocycles. The van der Waals surface area contributed by atoms with Crippen molar-refractivity contribution >= 4 is 11.8 Å². The molecule has 0 radical (unpaired) electrons. The Morgan fingerprint density at radius 1 is 1.18 bits per heavy atom. The van der Waals surface area contributed by atoms with Crippen LogP contribution in [-0.4, -0.2) is 22.5 Å². The first-order valence-electron chi connectivity index (χ1n) is 6.70. The Labute approximate surface area is 131 Å². The largest absolute Gasteiger partial charge is 0.496 e. The van der Waals surface area contributed by atoms with Crippen LogP contribution in [0.15, 0.2) is 38.4 Å². The molecular weight excluding hydrogens is 302 g/mol. The average molecular weight is 317 g/mol. The van der Waals surface area contributed by atoms with Gasteiger partial charge in [0.25, 0.3) is 11.1 Å². The lowest BCUT2D eigenvalue weighted by atomic mass is 10.2. The predicted octanol–water partition coefficient (Wildman–Crippen LogP) is 3.64. The van der Waals surface area contributed by atoms with E-state index in [9.17, 15) is 0 Å². The average Bonchev–Trinajstić information content (AvgIpc) is 3.13. The van der Waals surface area contributed by atoms with Crippen molar-refractivity contribution in [3.05, 3.63) is 41.3 Å². The van der Waals surface area contributed by atoms with Crippen molar-refractivity contribution in [1.82, 2.24) is 15.4 Å². The van der Waals surface area contributed by atoms with Crippen LogP contribution in [0.3, 0.4) is 0 Å². The SMILES string of the molecule is COc1ccccc1-c1nnc(SCc2c(C)noc2C)o1. The van der Waals surface area contributed by atoms with Gasteiger partial charge < -0.3 is 13.7 Å². The number of hydrogen-bond donors (Lipinski definition) is 0. The van der Waals surface area contributed by atoms with Gasteiger partial charge in [-0.1, -0.05) is 29.1 Å². The maximum Gasteiger partial charge on any atom is 0.277 e. The quantitative estimate of drug-likeness (QED) is 0.665. The number of thioether (sulfide) groups is 1. The van der Waals surface area contributed by atoms with Crippen LogP contribution in [0.25, 0.3) is 11.5 Å². The fourth-order valence-corrected chi connectivity index (χ4v) is 2.96. The minimum absolute atomic E-state index is 0.443. The summed E-state index contributed by atoms with van der Waals surface area (Å²) in [5.41, 5.74) is 2.72. The van der Waals surface area contributed by atoms with Crippen LogP contribution in [0.1, 0.15) is 17.0 Å². The van der Waals surface area contributed by atoms with Crippen molar-refractivity contribution in [3.63, 3.8) is 0 Å². The van der Waals surface area contributed by atoms with Gasteiger partial charge in [-0.05, 0) is 26.0 Å². The van der Waals surface area contributed by atoms with E-state index >= 15 is 0 Å². The summed E-state index contributed by atoms with van der Waals surface area (Å²) < 4.78 is 16.1. The topological polar surface area (TPSA) is 74.2 Å². The van der Waals surface area contributed by atoms with Gasteiger partial charge in [0.1, 0.15) is 11.5 Å². The summed E-state index contributed by atoms with van der Waals surface area (Å²) in [6.07, 6.45) is 0. The molecule has 6 nitrogen and oxygen atoms in total. The molecule has 0 aliphatic heterocycles. The molecule has 114 valence electrons. The first-order valence-corrected chi connectivity index (χ1v) is 7.69. The number of rotatable bonds is 5. The number of para-hydroxylation sites is 1. The molecule has 1 aromatic carbocycles. The van der Waals surface area contributed by atoms with Gasteiger partial charge >= 0.3 is 0 Å². The number of nitrogens with zero attached hydrogens (tertiary/aromatic N) is 3. The monoisotopic (exact) mass is 317 g/mol. The first kappa shape index (κ1) is 14.6. The maximum atomic E-state index is 5.70. The Balaban J connectivity index is 1.77. The van der Waals surface area contributed by atoms with E-state index in [1.165, 1.54) is 11.8 Å². The van der Waals surface area contributed by atoms with E-state index in [1.807, 2.05) is 38.1 Å². The molecule has 3 rings (SSSR count). The molecule has 0 aliphatic carbocycles. The highest BCUT2D eigenvalue weighted by Crippen LogP contribution is 2.31. The van der Waals surface area contributed by atoms with Gasteiger partial charge in [-0.15, -0.1) is 10.2 Å². The molecular formula is C15H15N3O3S. The number of ether oxygens (including phenoxy) is 1. The zero-order valence-electron chi connectivity index (χ0n) is 12.5. The number of methoxy groups -OCH3 is 1. The fraction of sp³-hybridized carbons (Fsp3) is 0.267. The van der Waals surface area contributed by atoms with Crippen molar-refractivity contribution in [2.75, 3.05) is 7.11 Å². The van der Waals surface area contributed by atoms with Crippen LogP contribution in [0.4, 0.5) is 0 Å². The second-order valence-electron chi connectivity index (χ2n) is 4.66. The summed E-state index contributed by atoms with van der Waals surface area (Å²) in [5, 5.41) is 12.6. The van der Waals surface area contributed by atoms with Crippen molar-refractivity contribution < 1.29 is 13.7 Å². The van der Waals surface area contributed by atoms with Crippen molar-refractivity contribution in [2.24, 2.45) is 0 Å². The zero-order valence-corrected chi connectivity index (χ0v) is 13.3. The molecule has 22 heavy (non-hydrogen) atoms. The molecule has 7 heteroatoms. The molecule has 0 unspecified atom stereocenters. The van der Waals surface area contributed by atoms with E-state index in [1.54, 1.807) is 7.11 Å². The highest BCUT2D eigenvalue weighted by Gasteiger charge is 2.15. The Hall–Kier alpha value is -2.28. The molecule has 0 aliphatic rings. The van der Waals surface area contributed by atoms with Gasteiger partial charge in [0.15, 0.2) is 0 Å². The molecule has 3 aromatic rings. The van der Waals surface area contributed by atoms with Gasteiger partial charge in [-0.25, -0.2) is 0 Å². The number of hydrogen-bond acceptors (Lipinski definition) is 7. The molecule has 0 bridgehead atoms. The third kappa shape index (κ3) is 2.85. The van der Waals surface area contributed by atoms with E-state index in [0.717, 1.165) is 22.6 Å². The predicted molar refractivity (Wildman–Crippen MR) is 81.8 cm³/mol. The van der Waals surface area contributed by atoms with Crippen molar-refractivity contribution in [1.29, 1.82) is 0 Å². The molecule has 2 heterocycles. The van der Waals surface area contributed by atoms with E-state index in [-0.39, 0.29) is 0 Å². The van der Waals surface area contributed by atoms with E-state index in [4.69, 9.17) is 13.7 Å². The lowest BCUT2D eigenvalue weighted by Gasteiger charge is -2.03. The third-order valence-corrected chi connectivity index (χ3v) is 4.11. The molecule has 0 saturated heterocycles. The fourth-order valence-electron chi connectivity index (χ4n) is 2.04. The summed E-state index contributed by atoms with van der Waals surface area (Å²) in [7, 11) is 1.61. The number of benzene rings is 1. The number of aromatic nitrogens is 3. The van der Waals surface area contributed by atoms with E-state index in [0.29, 0.717) is 22.6 Å². The van der Waals surface area contributed by atoms with Crippen LogP contribution in [0, 0.1) is 13.8 Å². The normalized spacial score (nSPS) is 10.9. The second kappa shape index (κ2) is 6.23. The zero-order chi connectivity index (χ0) is 15.5. The Morgan fingerprint density at radius 3 is 2.73 bits per heavy atom. The van der Waals surface area contributed by atoms with Crippen LogP contribution in [0.5, 0.6) is 5.75 Å². The highest BCUT2D eigenvalue weighted by molar-refractivity contribution is 7.98. The molecule has 2 aromatic heterocycles. The Kier molecular flexibility index (Phi) is 4.15. The van der Waals surface area contributed by atoms with Gasteiger partial charge in [0.2, 0.25) is 0 Å². The summed E-state index contributed by atoms with van der Waals surface area (Å²) in [6, 6.07) is 7.54. The molecule has 0 fully saturated rings. The lowest BCUT2D eigenvalue weighted by Crippen LogP contribution is -1.87. The molecule has 0 atom stereocenters. The van der Waals surface area contributed by atoms with Gasteiger partial charge in [0, 0.05) is 11.3 Å². The second-order valence-corrected chi connectivity index (χ2v) is 5.59. The van der Waals surface area contributed by atoms with Crippen LogP contribution in [-0.2, 0) is 5.75 Å². The van der Waals surface area contributed by atoms with Gasteiger partial charge in [0.05, 0.1) is 18.4 Å². The minimum atomic E-state index is 0.443. The summed E-state index contributed by atoms with van der Waals surface area (Å²) >= 11 is 1.45. The van der Waals surface area contributed by atoms with Crippen molar-refractivity contribution in [3.8, 4) is 17.2 Å². The summed E-state index contributed by atoms with van der Waals surface area (Å²) in [4.78, 5) is 0. The molecule has 0 amide bonds. The standard InChI is InChI=1S/C15H15N3O3S/c1-9-12(10(2)21-18-9)8-22-15-17-16-14(20-15)11-6-4-5-7-13(11)19-3/h4-7H,8H2,1-3H3. The Morgan fingerprint density at radius 2 is 2.00 bits per heavy atom.